The largest absolute Gasteiger partial charge is 0.348 e. The van der Waals surface area contributed by atoms with Crippen molar-refractivity contribution in [2.24, 2.45) is 0 Å². The molecule has 6 heteroatoms. The van der Waals surface area contributed by atoms with Gasteiger partial charge in [0.25, 0.3) is 5.91 Å². The number of piperidine rings is 1. The molecule has 1 aliphatic rings. The molecular weight excluding hydrogens is 309 g/mol. The van der Waals surface area contributed by atoms with Crippen molar-refractivity contribution in [3.05, 3.63) is 42.1 Å². The third-order valence-electron chi connectivity index (χ3n) is 3.51. The van der Waals surface area contributed by atoms with E-state index in [2.05, 4.69) is 15.6 Å². The summed E-state index contributed by atoms with van der Waals surface area (Å²) < 4.78 is 0. The summed E-state index contributed by atoms with van der Waals surface area (Å²) in [7, 11) is 0. The summed E-state index contributed by atoms with van der Waals surface area (Å²) in [5.74, 6) is -0.0296. The van der Waals surface area contributed by atoms with Crippen LogP contribution in [0.5, 0.6) is 0 Å². The van der Waals surface area contributed by atoms with Gasteiger partial charge in [-0.25, -0.2) is 0 Å². The Labute approximate surface area is 136 Å². The first kappa shape index (κ1) is 17.7. The van der Waals surface area contributed by atoms with E-state index < -0.39 is 0 Å². The van der Waals surface area contributed by atoms with E-state index >= 15 is 0 Å². The van der Waals surface area contributed by atoms with Gasteiger partial charge in [0.1, 0.15) is 0 Å². The fourth-order valence-corrected chi connectivity index (χ4v) is 2.53. The van der Waals surface area contributed by atoms with E-state index in [4.69, 9.17) is 0 Å². The predicted octanol–water partition coefficient (Wildman–Crippen LogP) is 2.56. The van der Waals surface area contributed by atoms with E-state index in [0.717, 1.165) is 36.8 Å². The van der Waals surface area contributed by atoms with Crippen LogP contribution in [0.2, 0.25) is 0 Å². The summed E-state index contributed by atoms with van der Waals surface area (Å²) in [5.41, 5.74) is 1.43. The third-order valence-corrected chi connectivity index (χ3v) is 3.51. The van der Waals surface area contributed by atoms with Gasteiger partial charge < -0.3 is 10.6 Å². The van der Waals surface area contributed by atoms with Crippen molar-refractivity contribution in [1.82, 2.24) is 15.6 Å². The second-order valence-corrected chi connectivity index (χ2v) is 4.90. The number of nitrogens with zero attached hydrogens (tertiary/aromatic N) is 1. The highest BCUT2D eigenvalue weighted by Gasteiger charge is 2.17. The van der Waals surface area contributed by atoms with E-state index in [1.807, 2.05) is 30.3 Å². The number of carbonyl (C=O) groups is 1. The first-order valence-corrected chi connectivity index (χ1v) is 6.70. The van der Waals surface area contributed by atoms with Gasteiger partial charge >= 0.3 is 0 Å². The second kappa shape index (κ2) is 8.17. The number of nitrogens with one attached hydrogen (secondary N) is 2. The molecule has 2 aromatic rings. The van der Waals surface area contributed by atoms with E-state index in [1.165, 1.54) is 0 Å². The molecule has 0 bridgehead atoms. The summed E-state index contributed by atoms with van der Waals surface area (Å²) in [5, 5.41) is 7.38. The highest BCUT2D eigenvalue weighted by atomic mass is 35.5. The molecule has 114 valence electrons. The number of amides is 1. The summed E-state index contributed by atoms with van der Waals surface area (Å²) in [4.78, 5) is 16.7. The lowest BCUT2D eigenvalue weighted by atomic mass is 10.1. The minimum Gasteiger partial charge on any atom is -0.348 e. The first-order chi connectivity index (χ1) is 9.34. The number of aromatic nitrogens is 1. The summed E-state index contributed by atoms with van der Waals surface area (Å²) >= 11 is 0. The molecular formula is C15H19Cl2N3O. The molecule has 1 aromatic carbocycles. The number of halogens is 2. The fraction of sp³-hybridized carbons (Fsp3) is 0.333. The van der Waals surface area contributed by atoms with Crippen molar-refractivity contribution < 1.29 is 4.79 Å². The molecule has 0 radical (unpaired) electrons. The minimum absolute atomic E-state index is 0. The fourth-order valence-electron chi connectivity index (χ4n) is 2.53. The zero-order valence-corrected chi connectivity index (χ0v) is 13.2. The molecule has 0 spiro atoms. The third kappa shape index (κ3) is 4.06. The van der Waals surface area contributed by atoms with E-state index in [0.29, 0.717) is 5.56 Å². The van der Waals surface area contributed by atoms with Gasteiger partial charge in [-0.1, -0.05) is 18.2 Å². The summed E-state index contributed by atoms with van der Waals surface area (Å²) in [6.07, 6.45) is 3.87. The summed E-state index contributed by atoms with van der Waals surface area (Å²) in [6, 6.07) is 9.79. The monoisotopic (exact) mass is 327 g/mol. The number of benzene rings is 1. The van der Waals surface area contributed by atoms with Crippen LogP contribution in [0, 0.1) is 0 Å². The van der Waals surface area contributed by atoms with Crippen LogP contribution in [0.4, 0.5) is 0 Å². The standard InChI is InChI=1S/C15H17N3O.2ClH/c19-15(18-12-6-3-8-16-10-12)13-7-1-4-11-5-2-9-17-14(11)13;;/h1-2,4-5,7,9,12,16H,3,6,8,10H2,(H,18,19);2*1H/t12-;;/m1../s1. The Kier molecular flexibility index (Phi) is 6.89. The molecule has 1 saturated heterocycles. The molecule has 0 aliphatic carbocycles. The number of pyridine rings is 1. The zero-order valence-electron chi connectivity index (χ0n) is 11.5. The molecule has 2 heterocycles. The lowest BCUT2D eigenvalue weighted by Gasteiger charge is -2.23. The lowest BCUT2D eigenvalue weighted by molar-refractivity contribution is 0.0932. The average Bonchev–Trinajstić information content (AvgIpc) is 2.47. The number of fused-ring (bicyclic) bond motifs is 1. The SMILES string of the molecule is Cl.Cl.O=C(N[C@@H]1CCCNC1)c1cccc2cccnc12. The van der Waals surface area contributed by atoms with Gasteiger partial charge in [-0.2, -0.15) is 0 Å². The van der Waals surface area contributed by atoms with Crippen molar-refractivity contribution in [2.45, 2.75) is 18.9 Å². The molecule has 4 nitrogen and oxygen atoms in total. The van der Waals surface area contributed by atoms with E-state index in [1.54, 1.807) is 6.20 Å². The molecule has 0 unspecified atom stereocenters. The Hall–Kier alpha value is -1.36. The van der Waals surface area contributed by atoms with Crippen LogP contribution < -0.4 is 10.6 Å². The van der Waals surface area contributed by atoms with Crippen LogP contribution in [0.25, 0.3) is 10.9 Å². The first-order valence-electron chi connectivity index (χ1n) is 6.70. The highest BCUT2D eigenvalue weighted by molar-refractivity contribution is 6.05. The minimum atomic E-state index is -0.0296. The molecule has 1 aromatic heterocycles. The van der Waals surface area contributed by atoms with Gasteiger partial charge in [0.15, 0.2) is 0 Å². The van der Waals surface area contributed by atoms with Crippen molar-refractivity contribution in [2.75, 3.05) is 13.1 Å². The highest BCUT2D eigenvalue weighted by Crippen LogP contribution is 2.16. The van der Waals surface area contributed by atoms with Crippen LogP contribution in [-0.4, -0.2) is 30.0 Å². The van der Waals surface area contributed by atoms with E-state index in [9.17, 15) is 4.79 Å². The molecule has 1 atom stereocenters. The van der Waals surface area contributed by atoms with Gasteiger partial charge in [0.05, 0.1) is 11.1 Å². The molecule has 1 fully saturated rings. The average molecular weight is 328 g/mol. The van der Waals surface area contributed by atoms with Crippen molar-refractivity contribution in [1.29, 1.82) is 0 Å². The predicted molar refractivity (Wildman–Crippen MR) is 89.6 cm³/mol. The quantitative estimate of drug-likeness (QED) is 0.891. The maximum atomic E-state index is 12.3. The number of hydrogen-bond donors (Lipinski definition) is 2. The van der Waals surface area contributed by atoms with Crippen molar-refractivity contribution in [3.8, 4) is 0 Å². The number of carbonyl (C=O) groups excluding carboxylic acids is 1. The van der Waals surface area contributed by atoms with E-state index in [-0.39, 0.29) is 36.8 Å². The Bertz CT molecular complexity index is 595. The smallest absolute Gasteiger partial charge is 0.253 e. The second-order valence-electron chi connectivity index (χ2n) is 4.90. The summed E-state index contributed by atoms with van der Waals surface area (Å²) in [6.45, 7) is 1.89. The van der Waals surface area contributed by atoms with Gasteiger partial charge in [0.2, 0.25) is 0 Å². The molecule has 2 N–H and O–H groups in total. The van der Waals surface area contributed by atoms with Gasteiger partial charge in [-0.15, -0.1) is 24.8 Å². The topological polar surface area (TPSA) is 54.0 Å². The van der Waals surface area contributed by atoms with Crippen LogP contribution >= 0.6 is 24.8 Å². The van der Waals surface area contributed by atoms with Gasteiger partial charge in [-0.3, -0.25) is 9.78 Å². The van der Waals surface area contributed by atoms with Crippen LogP contribution in [0.1, 0.15) is 23.2 Å². The number of hydrogen-bond acceptors (Lipinski definition) is 3. The Morgan fingerprint density at radius 1 is 1.24 bits per heavy atom. The van der Waals surface area contributed by atoms with Gasteiger partial charge in [0, 0.05) is 24.2 Å². The normalized spacial score (nSPS) is 17.4. The molecule has 3 rings (SSSR count). The van der Waals surface area contributed by atoms with Gasteiger partial charge in [-0.05, 0) is 31.5 Å². The Balaban J connectivity index is 0.00000110. The van der Waals surface area contributed by atoms with Crippen molar-refractivity contribution in [3.63, 3.8) is 0 Å². The number of rotatable bonds is 2. The zero-order chi connectivity index (χ0) is 13.1. The lowest BCUT2D eigenvalue weighted by Crippen LogP contribution is -2.45. The van der Waals surface area contributed by atoms with Crippen molar-refractivity contribution >= 4 is 41.6 Å². The van der Waals surface area contributed by atoms with Crippen LogP contribution in [-0.2, 0) is 0 Å². The molecule has 1 aliphatic heterocycles. The van der Waals surface area contributed by atoms with Crippen LogP contribution in [0.3, 0.4) is 0 Å². The maximum Gasteiger partial charge on any atom is 0.253 e. The van der Waals surface area contributed by atoms with Crippen LogP contribution in [0.15, 0.2) is 36.5 Å². The maximum absolute atomic E-state index is 12.3. The molecule has 0 saturated carbocycles. The molecule has 21 heavy (non-hydrogen) atoms. The molecule has 1 amide bonds. The Morgan fingerprint density at radius 2 is 2.05 bits per heavy atom. The Morgan fingerprint density at radius 3 is 2.81 bits per heavy atom. The number of para-hydroxylation sites is 1.